The van der Waals surface area contributed by atoms with Crippen LogP contribution in [0.4, 0.5) is 10.1 Å². The van der Waals surface area contributed by atoms with E-state index in [4.69, 9.17) is 16.3 Å². The van der Waals surface area contributed by atoms with Crippen LogP contribution in [0.15, 0.2) is 42.5 Å². The van der Waals surface area contributed by atoms with E-state index >= 15 is 0 Å². The van der Waals surface area contributed by atoms with Gasteiger partial charge in [0.1, 0.15) is 11.6 Å². The Bertz CT molecular complexity index is 693. The first-order valence-electron chi connectivity index (χ1n) is 7.24. The number of rotatable bonds is 4. The maximum Gasteiger partial charge on any atom is 0.262 e. The highest BCUT2D eigenvalue weighted by molar-refractivity contribution is 6.31. The number of hydrogen-bond donors (Lipinski definition) is 1. The first kappa shape index (κ1) is 17.3. The molecule has 0 aliphatic carbocycles. The molecule has 0 radical (unpaired) electrons. The van der Waals surface area contributed by atoms with Crippen LogP contribution in [-0.4, -0.2) is 12.5 Å². The largest absolute Gasteiger partial charge is 0.484 e. The Morgan fingerprint density at radius 2 is 1.83 bits per heavy atom. The number of carbonyl (C=O) groups is 1. The predicted molar refractivity (Wildman–Crippen MR) is 90.7 cm³/mol. The third kappa shape index (κ3) is 4.96. The Morgan fingerprint density at radius 3 is 2.39 bits per heavy atom. The average Bonchev–Trinajstić information content (AvgIpc) is 2.48. The van der Waals surface area contributed by atoms with Gasteiger partial charge in [-0.15, -0.1) is 0 Å². The van der Waals surface area contributed by atoms with Gasteiger partial charge in [0, 0.05) is 5.69 Å². The van der Waals surface area contributed by atoms with Crippen molar-refractivity contribution in [3.63, 3.8) is 0 Å². The zero-order valence-corrected chi connectivity index (χ0v) is 14.1. The van der Waals surface area contributed by atoms with Gasteiger partial charge in [0.05, 0.1) is 5.02 Å². The van der Waals surface area contributed by atoms with Crippen LogP contribution in [0.3, 0.4) is 0 Å². The van der Waals surface area contributed by atoms with Gasteiger partial charge in [-0.1, -0.05) is 44.5 Å². The molecule has 2 aromatic carbocycles. The summed E-state index contributed by atoms with van der Waals surface area (Å²) in [7, 11) is 0. The van der Waals surface area contributed by atoms with Crippen LogP contribution in [0.2, 0.25) is 5.02 Å². The first-order valence-corrected chi connectivity index (χ1v) is 7.62. The summed E-state index contributed by atoms with van der Waals surface area (Å²) in [5.74, 6) is -0.252. The minimum Gasteiger partial charge on any atom is -0.484 e. The van der Waals surface area contributed by atoms with Gasteiger partial charge < -0.3 is 10.1 Å². The Hall–Kier alpha value is -2.07. The van der Waals surface area contributed by atoms with Gasteiger partial charge in [0.25, 0.3) is 5.91 Å². The van der Waals surface area contributed by atoms with E-state index in [0.717, 1.165) is 0 Å². The van der Waals surface area contributed by atoms with Gasteiger partial charge in [-0.3, -0.25) is 4.79 Å². The lowest BCUT2D eigenvalue weighted by Gasteiger charge is -2.19. The van der Waals surface area contributed by atoms with E-state index in [1.165, 1.54) is 23.8 Å². The van der Waals surface area contributed by atoms with Gasteiger partial charge >= 0.3 is 0 Å². The standard InChI is InChI=1S/C18H19ClFNO2/c1-18(2,3)12-4-7-14(8-5-12)23-11-17(22)21-13-6-9-16(20)15(19)10-13/h4-10H,11H2,1-3H3,(H,21,22). The van der Waals surface area contributed by atoms with Crippen molar-refractivity contribution in [1.29, 1.82) is 0 Å². The molecule has 0 unspecified atom stereocenters. The van der Waals surface area contributed by atoms with Gasteiger partial charge in [-0.05, 0) is 41.3 Å². The number of nitrogens with one attached hydrogen (secondary N) is 1. The molecule has 0 saturated carbocycles. The molecule has 23 heavy (non-hydrogen) atoms. The minimum absolute atomic E-state index is 0.0403. The van der Waals surface area contributed by atoms with E-state index in [-0.39, 0.29) is 23.0 Å². The normalized spacial score (nSPS) is 11.2. The van der Waals surface area contributed by atoms with Gasteiger partial charge in [-0.25, -0.2) is 4.39 Å². The highest BCUT2D eigenvalue weighted by atomic mass is 35.5. The Labute approximate surface area is 140 Å². The molecule has 3 nitrogen and oxygen atoms in total. The molecule has 5 heteroatoms. The highest BCUT2D eigenvalue weighted by Crippen LogP contribution is 2.24. The highest BCUT2D eigenvalue weighted by Gasteiger charge is 2.13. The molecule has 1 amide bonds. The Kier molecular flexibility index (Phi) is 5.26. The molecule has 1 N–H and O–H groups in total. The summed E-state index contributed by atoms with van der Waals surface area (Å²) in [4.78, 5) is 11.8. The van der Waals surface area contributed by atoms with E-state index in [9.17, 15) is 9.18 Å². The number of ether oxygens (including phenoxy) is 1. The number of hydrogen-bond acceptors (Lipinski definition) is 2. The summed E-state index contributed by atoms with van der Waals surface area (Å²) in [5.41, 5.74) is 1.68. The second-order valence-electron chi connectivity index (χ2n) is 6.24. The second kappa shape index (κ2) is 7.01. The van der Waals surface area contributed by atoms with Crippen molar-refractivity contribution in [3.05, 3.63) is 58.9 Å². The quantitative estimate of drug-likeness (QED) is 0.872. The molecular formula is C18H19ClFNO2. The van der Waals surface area contributed by atoms with E-state index in [1.54, 1.807) is 0 Å². The summed E-state index contributed by atoms with van der Waals surface area (Å²) < 4.78 is 18.5. The van der Waals surface area contributed by atoms with Crippen molar-refractivity contribution < 1.29 is 13.9 Å². The fourth-order valence-corrected chi connectivity index (χ4v) is 2.15. The maximum atomic E-state index is 13.1. The lowest BCUT2D eigenvalue weighted by atomic mass is 9.87. The fraction of sp³-hybridized carbons (Fsp3) is 0.278. The van der Waals surface area contributed by atoms with Crippen LogP contribution >= 0.6 is 11.6 Å². The third-order valence-electron chi connectivity index (χ3n) is 3.29. The van der Waals surface area contributed by atoms with Crippen LogP contribution in [-0.2, 0) is 10.2 Å². The van der Waals surface area contributed by atoms with E-state index in [2.05, 4.69) is 26.1 Å². The number of amides is 1. The molecule has 0 aliphatic heterocycles. The summed E-state index contributed by atoms with van der Waals surface area (Å²) in [5, 5.41) is 2.56. The fourth-order valence-electron chi connectivity index (χ4n) is 1.97. The topological polar surface area (TPSA) is 38.3 Å². The van der Waals surface area contributed by atoms with Crippen LogP contribution in [0.25, 0.3) is 0 Å². The average molecular weight is 336 g/mol. The lowest BCUT2D eigenvalue weighted by molar-refractivity contribution is -0.118. The zero-order valence-electron chi connectivity index (χ0n) is 13.3. The molecule has 2 aromatic rings. The Morgan fingerprint density at radius 1 is 1.17 bits per heavy atom. The molecule has 0 aromatic heterocycles. The van der Waals surface area contributed by atoms with E-state index in [1.807, 2.05) is 24.3 Å². The molecule has 0 atom stereocenters. The second-order valence-corrected chi connectivity index (χ2v) is 6.65. The van der Waals surface area contributed by atoms with Crippen molar-refractivity contribution in [2.45, 2.75) is 26.2 Å². The third-order valence-corrected chi connectivity index (χ3v) is 3.58. The van der Waals surface area contributed by atoms with Crippen LogP contribution in [0.1, 0.15) is 26.3 Å². The molecule has 0 fully saturated rings. The molecule has 2 rings (SSSR count). The number of benzene rings is 2. The lowest BCUT2D eigenvalue weighted by Crippen LogP contribution is -2.20. The molecule has 122 valence electrons. The molecule has 0 aliphatic rings. The smallest absolute Gasteiger partial charge is 0.262 e. The minimum atomic E-state index is -0.528. The molecular weight excluding hydrogens is 317 g/mol. The number of halogens is 2. The SMILES string of the molecule is CC(C)(C)c1ccc(OCC(=O)Nc2ccc(F)c(Cl)c2)cc1. The van der Waals surface area contributed by atoms with Crippen molar-refractivity contribution in [2.75, 3.05) is 11.9 Å². The number of carbonyl (C=O) groups excluding carboxylic acids is 1. The number of anilines is 1. The molecule has 0 saturated heterocycles. The van der Waals surface area contributed by atoms with E-state index in [0.29, 0.717) is 11.4 Å². The van der Waals surface area contributed by atoms with Gasteiger partial charge in [-0.2, -0.15) is 0 Å². The zero-order chi connectivity index (χ0) is 17.0. The van der Waals surface area contributed by atoms with Crippen LogP contribution in [0, 0.1) is 5.82 Å². The van der Waals surface area contributed by atoms with Crippen molar-refractivity contribution >= 4 is 23.2 Å². The summed E-state index contributed by atoms with van der Waals surface area (Å²) >= 11 is 5.66. The Balaban J connectivity index is 1.90. The summed E-state index contributed by atoms with van der Waals surface area (Å²) in [6, 6.07) is 11.6. The van der Waals surface area contributed by atoms with Crippen molar-refractivity contribution in [1.82, 2.24) is 0 Å². The van der Waals surface area contributed by atoms with Crippen molar-refractivity contribution in [2.24, 2.45) is 0 Å². The van der Waals surface area contributed by atoms with Gasteiger partial charge in [0.2, 0.25) is 0 Å². The van der Waals surface area contributed by atoms with Crippen LogP contribution < -0.4 is 10.1 Å². The summed E-state index contributed by atoms with van der Waals surface area (Å²) in [6.45, 7) is 6.25. The molecule has 0 bridgehead atoms. The monoisotopic (exact) mass is 335 g/mol. The predicted octanol–water partition coefficient (Wildman–Crippen LogP) is 4.79. The maximum absolute atomic E-state index is 13.1. The molecule has 0 spiro atoms. The van der Waals surface area contributed by atoms with Crippen LogP contribution in [0.5, 0.6) is 5.75 Å². The van der Waals surface area contributed by atoms with E-state index < -0.39 is 5.82 Å². The first-order chi connectivity index (χ1) is 10.8. The molecule has 0 heterocycles. The van der Waals surface area contributed by atoms with Gasteiger partial charge in [0.15, 0.2) is 6.61 Å². The van der Waals surface area contributed by atoms with Crippen molar-refractivity contribution in [3.8, 4) is 5.75 Å². The summed E-state index contributed by atoms with van der Waals surface area (Å²) in [6.07, 6.45) is 0.